The topological polar surface area (TPSA) is 65.4 Å². The molecule has 0 unspecified atom stereocenters. The second-order valence-corrected chi connectivity index (χ2v) is 5.75. The monoisotopic (exact) mass is 321 g/mol. The van der Waals surface area contributed by atoms with Gasteiger partial charge < -0.3 is 9.80 Å². The molecule has 3 rings (SSSR count). The number of imide groups is 2. The highest BCUT2D eigenvalue weighted by Crippen LogP contribution is 2.14. The summed E-state index contributed by atoms with van der Waals surface area (Å²) in [6.45, 7) is 3.13. The van der Waals surface area contributed by atoms with Crippen molar-refractivity contribution < 1.29 is 23.7 Å². The number of carbonyl (C=O) groups excluding carboxylic acids is 3. The largest absolute Gasteiger partial charge is 0.360 e. The molecule has 1 aromatic carbocycles. The lowest BCUT2D eigenvalue weighted by atomic mass is 10.2. The summed E-state index contributed by atoms with van der Waals surface area (Å²) in [5.74, 6) is -1.80. The fraction of sp³-hybridized carbons (Fsp3) is 0.400. The summed E-state index contributed by atoms with van der Waals surface area (Å²) in [4.78, 5) is 40.2. The van der Waals surface area contributed by atoms with Crippen molar-refractivity contribution in [2.24, 2.45) is 0 Å². The molecule has 2 aliphatic heterocycles. The number of nitrogens with zero attached hydrogens (tertiary/aromatic N) is 3. The Morgan fingerprint density at radius 3 is 2.17 bits per heavy atom. The molecule has 0 atom stereocenters. The SMILES string of the molecule is CN1C(=O)C(=O)N(C[NH+]2CCN(c3ccc(F)cc3)CC2)C1=O. The first kappa shape index (κ1) is 15.4. The van der Waals surface area contributed by atoms with Crippen LogP contribution in [0.25, 0.3) is 0 Å². The van der Waals surface area contributed by atoms with E-state index in [-0.39, 0.29) is 12.5 Å². The summed E-state index contributed by atoms with van der Waals surface area (Å²) in [6.07, 6.45) is 0. The number of quaternary nitrogens is 1. The summed E-state index contributed by atoms with van der Waals surface area (Å²) in [5, 5.41) is 0. The number of likely N-dealkylation sites (N-methyl/N-ethyl adjacent to an activating group) is 1. The molecule has 0 radical (unpaired) electrons. The van der Waals surface area contributed by atoms with Gasteiger partial charge in [0.25, 0.3) is 0 Å². The number of amides is 4. The van der Waals surface area contributed by atoms with Gasteiger partial charge in [0.15, 0.2) is 6.67 Å². The van der Waals surface area contributed by atoms with Gasteiger partial charge in [-0.2, -0.15) is 0 Å². The third-order valence-corrected chi connectivity index (χ3v) is 4.29. The second kappa shape index (κ2) is 5.96. The summed E-state index contributed by atoms with van der Waals surface area (Å²) in [7, 11) is 1.31. The minimum Gasteiger partial charge on any atom is -0.360 e. The maximum atomic E-state index is 13.0. The van der Waals surface area contributed by atoms with Crippen molar-refractivity contribution >= 4 is 23.5 Å². The quantitative estimate of drug-likeness (QED) is 0.567. The minimum atomic E-state index is -0.778. The van der Waals surface area contributed by atoms with E-state index in [1.54, 1.807) is 12.1 Å². The standard InChI is InChI=1S/C15H17FN4O3/c1-17-13(21)14(22)20(15(17)23)10-18-6-8-19(9-7-18)12-4-2-11(16)3-5-12/h2-5H,6-10H2,1H3/p+1. The van der Waals surface area contributed by atoms with Crippen LogP contribution in [0.1, 0.15) is 0 Å². The molecule has 1 N–H and O–H groups in total. The lowest BCUT2D eigenvalue weighted by Gasteiger charge is -2.34. The van der Waals surface area contributed by atoms with Crippen molar-refractivity contribution in [1.29, 1.82) is 0 Å². The highest BCUT2D eigenvalue weighted by molar-refractivity contribution is 6.44. The molecule has 7 nitrogen and oxygen atoms in total. The Bertz CT molecular complexity index is 641. The molecule has 0 aliphatic carbocycles. The average Bonchev–Trinajstić information content (AvgIpc) is 2.74. The maximum Gasteiger partial charge on any atom is 0.338 e. The number of hydrogen-bond acceptors (Lipinski definition) is 4. The third kappa shape index (κ3) is 2.89. The first-order valence-corrected chi connectivity index (χ1v) is 7.45. The van der Waals surface area contributed by atoms with Gasteiger partial charge in [-0.3, -0.25) is 14.5 Å². The molecule has 0 bridgehead atoms. The van der Waals surface area contributed by atoms with E-state index in [0.717, 1.165) is 46.6 Å². The normalized spacial score (nSPS) is 19.9. The molecule has 2 heterocycles. The van der Waals surface area contributed by atoms with Gasteiger partial charge >= 0.3 is 17.8 Å². The van der Waals surface area contributed by atoms with Gasteiger partial charge in [0.2, 0.25) is 0 Å². The number of urea groups is 1. The van der Waals surface area contributed by atoms with E-state index in [0.29, 0.717) is 0 Å². The maximum absolute atomic E-state index is 13.0. The van der Waals surface area contributed by atoms with Crippen LogP contribution < -0.4 is 9.80 Å². The molecule has 1 aromatic rings. The number of nitrogens with one attached hydrogen (secondary N) is 1. The van der Waals surface area contributed by atoms with Gasteiger partial charge in [0, 0.05) is 12.7 Å². The zero-order chi connectivity index (χ0) is 16.6. The Labute approximate surface area is 132 Å². The third-order valence-electron chi connectivity index (χ3n) is 4.29. The minimum absolute atomic E-state index is 0.199. The summed E-state index contributed by atoms with van der Waals surface area (Å²) >= 11 is 0. The Hall–Kier alpha value is -2.48. The first-order chi connectivity index (χ1) is 11.0. The van der Waals surface area contributed by atoms with Gasteiger partial charge in [0.1, 0.15) is 5.82 Å². The summed E-state index contributed by atoms with van der Waals surface area (Å²) < 4.78 is 13.0. The van der Waals surface area contributed by atoms with Crippen LogP contribution in [0.2, 0.25) is 0 Å². The predicted octanol–water partition coefficient (Wildman–Crippen LogP) is -1.09. The smallest absolute Gasteiger partial charge is 0.338 e. The van der Waals surface area contributed by atoms with Crippen LogP contribution >= 0.6 is 0 Å². The van der Waals surface area contributed by atoms with Crippen LogP contribution in [0.5, 0.6) is 0 Å². The Kier molecular flexibility index (Phi) is 3.99. The number of piperazine rings is 1. The van der Waals surface area contributed by atoms with Crippen molar-refractivity contribution in [3.8, 4) is 0 Å². The number of benzene rings is 1. The second-order valence-electron chi connectivity index (χ2n) is 5.75. The first-order valence-electron chi connectivity index (χ1n) is 7.45. The van der Waals surface area contributed by atoms with Crippen LogP contribution in [0.3, 0.4) is 0 Å². The fourth-order valence-electron chi connectivity index (χ4n) is 2.87. The lowest BCUT2D eigenvalue weighted by Crippen LogP contribution is -3.16. The molecule has 0 spiro atoms. The molecule has 2 fully saturated rings. The average molecular weight is 321 g/mol. The van der Waals surface area contributed by atoms with E-state index >= 15 is 0 Å². The van der Waals surface area contributed by atoms with E-state index in [2.05, 4.69) is 4.90 Å². The van der Waals surface area contributed by atoms with Crippen LogP contribution in [-0.4, -0.2) is 67.5 Å². The number of anilines is 1. The van der Waals surface area contributed by atoms with E-state index in [1.807, 2.05) is 0 Å². The predicted molar refractivity (Wildman–Crippen MR) is 79.2 cm³/mol. The summed E-state index contributed by atoms with van der Waals surface area (Å²) in [5.41, 5.74) is 0.952. The zero-order valence-electron chi connectivity index (χ0n) is 12.8. The molecular formula is C15H18FN4O3+. The van der Waals surface area contributed by atoms with Gasteiger partial charge in [0.05, 0.1) is 26.2 Å². The lowest BCUT2D eigenvalue weighted by molar-refractivity contribution is -0.907. The molecule has 8 heteroatoms. The van der Waals surface area contributed by atoms with Crippen molar-refractivity contribution in [1.82, 2.24) is 9.80 Å². The van der Waals surface area contributed by atoms with Crippen LogP contribution in [-0.2, 0) is 9.59 Å². The molecule has 2 saturated heterocycles. The van der Waals surface area contributed by atoms with Gasteiger partial charge in [-0.1, -0.05) is 0 Å². The number of halogens is 1. The molecule has 0 saturated carbocycles. The highest BCUT2D eigenvalue weighted by Gasteiger charge is 2.44. The molecule has 23 heavy (non-hydrogen) atoms. The number of rotatable bonds is 3. The van der Waals surface area contributed by atoms with E-state index in [4.69, 9.17) is 0 Å². The molecule has 122 valence electrons. The van der Waals surface area contributed by atoms with Gasteiger partial charge in [-0.25, -0.2) is 14.1 Å². The van der Waals surface area contributed by atoms with E-state index < -0.39 is 17.8 Å². The number of carbonyl (C=O) groups is 3. The molecule has 4 amide bonds. The van der Waals surface area contributed by atoms with Crippen molar-refractivity contribution in [2.75, 3.05) is 44.8 Å². The van der Waals surface area contributed by atoms with Crippen molar-refractivity contribution in [3.63, 3.8) is 0 Å². The van der Waals surface area contributed by atoms with Crippen molar-refractivity contribution in [2.45, 2.75) is 0 Å². The summed E-state index contributed by atoms with van der Waals surface area (Å²) in [6, 6.07) is 5.77. The van der Waals surface area contributed by atoms with Crippen molar-refractivity contribution in [3.05, 3.63) is 30.1 Å². The van der Waals surface area contributed by atoms with Gasteiger partial charge in [-0.05, 0) is 24.3 Å². The number of hydrogen-bond donors (Lipinski definition) is 1. The molecule has 2 aliphatic rings. The van der Waals surface area contributed by atoms with E-state index in [1.165, 1.54) is 19.2 Å². The van der Waals surface area contributed by atoms with Crippen LogP contribution in [0, 0.1) is 5.82 Å². The van der Waals surface area contributed by atoms with Crippen LogP contribution in [0.15, 0.2) is 24.3 Å². The molecular weight excluding hydrogens is 303 g/mol. The Morgan fingerprint density at radius 1 is 1.04 bits per heavy atom. The Morgan fingerprint density at radius 2 is 1.65 bits per heavy atom. The van der Waals surface area contributed by atoms with Gasteiger partial charge in [-0.15, -0.1) is 0 Å². The van der Waals surface area contributed by atoms with E-state index in [9.17, 15) is 18.8 Å². The Balaban J connectivity index is 1.57. The highest BCUT2D eigenvalue weighted by atomic mass is 19.1. The fourth-order valence-corrected chi connectivity index (χ4v) is 2.87. The van der Waals surface area contributed by atoms with Crippen LogP contribution in [0.4, 0.5) is 14.9 Å². The molecule has 0 aromatic heterocycles. The zero-order valence-corrected chi connectivity index (χ0v) is 12.8.